The molecule has 0 fully saturated rings. The van der Waals surface area contributed by atoms with Gasteiger partial charge in [0.25, 0.3) is 0 Å². The minimum absolute atomic E-state index is 0.201. The molecule has 0 spiro atoms. The van der Waals surface area contributed by atoms with E-state index in [1.165, 1.54) is 12.0 Å². The lowest BCUT2D eigenvalue weighted by molar-refractivity contribution is 0.0751. The molecule has 0 bridgehead atoms. The summed E-state index contributed by atoms with van der Waals surface area (Å²) < 4.78 is 5.22. The fourth-order valence-corrected chi connectivity index (χ4v) is 3.11. The van der Waals surface area contributed by atoms with E-state index in [4.69, 9.17) is 4.74 Å². The molecule has 1 rings (SSSR count). The van der Waals surface area contributed by atoms with Gasteiger partial charge in [0, 0.05) is 12.1 Å². The van der Waals surface area contributed by atoms with Crippen molar-refractivity contribution < 1.29 is 4.74 Å². The summed E-state index contributed by atoms with van der Waals surface area (Å²) in [6.07, 6.45) is 1.18. The molecule has 0 atom stereocenters. The molecule has 0 heterocycles. The molecule has 0 unspecified atom stereocenters. The Bertz CT molecular complexity index is 400. The summed E-state index contributed by atoms with van der Waals surface area (Å²) in [5, 5.41) is 0. The molecule has 1 aromatic rings. The van der Waals surface area contributed by atoms with Crippen molar-refractivity contribution in [2.75, 3.05) is 13.7 Å². The zero-order valence-corrected chi connectivity index (χ0v) is 14.3. The predicted molar refractivity (Wildman–Crippen MR) is 87.2 cm³/mol. The summed E-state index contributed by atoms with van der Waals surface area (Å²) in [6, 6.07) is 8.41. The van der Waals surface area contributed by atoms with Gasteiger partial charge in [-0.05, 0) is 49.9 Å². The monoisotopic (exact) mass is 277 g/mol. The quantitative estimate of drug-likeness (QED) is 0.745. The number of rotatable bonds is 6. The molecule has 0 aliphatic rings. The Hall–Kier alpha value is -1.02. The van der Waals surface area contributed by atoms with Crippen molar-refractivity contribution >= 4 is 0 Å². The highest BCUT2D eigenvalue weighted by Crippen LogP contribution is 2.32. The number of ether oxygens (including phenoxy) is 1. The Morgan fingerprint density at radius 3 is 1.95 bits per heavy atom. The van der Waals surface area contributed by atoms with Crippen LogP contribution in [0.15, 0.2) is 24.3 Å². The molecule has 0 aromatic heterocycles. The summed E-state index contributed by atoms with van der Waals surface area (Å²) in [5.74, 6) is 0.922. The summed E-state index contributed by atoms with van der Waals surface area (Å²) in [6.45, 7) is 15.9. The normalized spacial score (nSPS) is 12.8. The Balaban J connectivity index is 2.79. The van der Waals surface area contributed by atoms with E-state index in [0.29, 0.717) is 5.41 Å². The first-order valence-electron chi connectivity index (χ1n) is 7.56. The SMILES string of the molecule is CCN(Cc1ccc(OC)cc1)C(C)(C)CC(C)(C)C. The molecule has 20 heavy (non-hydrogen) atoms. The van der Waals surface area contributed by atoms with Gasteiger partial charge in [0.15, 0.2) is 0 Å². The van der Waals surface area contributed by atoms with Crippen LogP contribution in [0.1, 0.15) is 53.5 Å². The second-order valence-electron chi connectivity index (χ2n) is 7.41. The van der Waals surface area contributed by atoms with Crippen LogP contribution in [0.5, 0.6) is 5.75 Å². The maximum atomic E-state index is 5.22. The van der Waals surface area contributed by atoms with E-state index < -0.39 is 0 Å². The van der Waals surface area contributed by atoms with Crippen molar-refractivity contribution in [3.8, 4) is 5.75 Å². The Morgan fingerprint density at radius 2 is 1.55 bits per heavy atom. The first-order valence-corrected chi connectivity index (χ1v) is 7.56. The lowest BCUT2D eigenvalue weighted by Gasteiger charge is -2.42. The molecule has 0 saturated heterocycles. The maximum Gasteiger partial charge on any atom is 0.118 e. The first-order chi connectivity index (χ1) is 9.18. The molecule has 0 N–H and O–H groups in total. The van der Waals surface area contributed by atoms with Gasteiger partial charge in [-0.1, -0.05) is 39.8 Å². The van der Waals surface area contributed by atoms with Crippen molar-refractivity contribution in [2.45, 2.75) is 60.0 Å². The molecule has 0 radical (unpaired) electrons. The fourth-order valence-electron chi connectivity index (χ4n) is 3.11. The number of nitrogens with zero attached hydrogens (tertiary/aromatic N) is 1. The highest BCUT2D eigenvalue weighted by molar-refractivity contribution is 5.27. The number of benzene rings is 1. The number of methoxy groups -OCH3 is 1. The number of hydrogen-bond acceptors (Lipinski definition) is 2. The van der Waals surface area contributed by atoms with Crippen LogP contribution in [0.25, 0.3) is 0 Å². The summed E-state index contributed by atoms with van der Waals surface area (Å²) in [5.41, 5.74) is 1.89. The Kier molecular flexibility index (Phi) is 5.64. The van der Waals surface area contributed by atoms with Crippen LogP contribution in [0.2, 0.25) is 0 Å². The smallest absolute Gasteiger partial charge is 0.118 e. The van der Waals surface area contributed by atoms with E-state index in [1.54, 1.807) is 7.11 Å². The first kappa shape index (κ1) is 17.0. The molecule has 0 aliphatic heterocycles. The molecule has 1 aromatic carbocycles. The van der Waals surface area contributed by atoms with E-state index in [0.717, 1.165) is 18.8 Å². The lowest BCUT2D eigenvalue weighted by atomic mass is 9.80. The molecular weight excluding hydrogens is 246 g/mol. The summed E-state index contributed by atoms with van der Waals surface area (Å²) in [4.78, 5) is 2.56. The van der Waals surface area contributed by atoms with Crippen LogP contribution < -0.4 is 4.74 Å². The minimum Gasteiger partial charge on any atom is -0.497 e. The van der Waals surface area contributed by atoms with Crippen LogP contribution in [0, 0.1) is 5.41 Å². The van der Waals surface area contributed by atoms with Crippen LogP contribution >= 0.6 is 0 Å². The zero-order chi connectivity index (χ0) is 15.4. The number of hydrogen-bond donors (Lipinski definition) is 0. The Morgan fingerprint density at radius 1 is 1.00 bits per heavy atom. The van der Waals surface area contributed by atoms with E-state index in [1.807, 2.05) is 12.1 Å². The van der Waals surface area contributed by atoms with Crippen molar-refractivity contribution in [2.24, 2.45) is 5.41 Å². The van der Waals surface area contributed by atoms with Gasteiger partial charge in [-0.15, -0.1) is 0 Å². The summed E-state index contributed by atoms with van der Waals surface area (Å²) >= 11 is 0. The van der Waals surface area contributed by atoms with Crippen LogP contribution in [-0.2, 0) is 6.54 Å². The average molecular weight is 277 g/mol. The van der Waals surface area contributed by atoms with Gasteiger partial charge < -0.3 is 4.74 Å². The van der Waals surface area contributed by atoms with Crippen LogP contribution in [0.4, 0.5) is 0 Å². The highest BCUT2D eigenvalue weighted by Gasteiger charge is 2.30. The van der Waals surface area contributed by atoms with E-state index >= 15 is 0 Å². The van der Waals surface area contributed by atoms with E-state index in [2.05, 4.69) is 58.6 Å². The predicted octanol–water partition coefficient (Wildman–Crippen LogP) is 4.73. The van der Waals surface area contributed by atoms with Crippen LogP contribution in [-0.4, -0.2) is 24.1 Å². The van der Waals surface area contributed by atoms with Crippen molar-refractivity contribution in [1.82, 2.24) is 4.90 Å². The molecule has 0 amide bonds. The maximum absolute atomic E-state index is 5.22. The molecule has 114 valence electrons. The lowest BCUT2D eigenvalue weighted by Crippen LogP contribution is -2.45. The molecule has 2 heteroatoms. The van der Waals surface area contributed by atoms with Gasteiger partial charge >= 0.3 is 0 Å². The van der Waals surface area contributed by atoms with Gasteiger partial charge in [-0.25, -0.2) is 0 Å². The van der Waals surface area contributed by atoms with Gasteiger partial charge in [0.05, 0.1) is 7.11 Å². The van der Waals surface area contributed by atoms with E-state index in [9.17, 15) is 0 Å². The topological polar surface area (TPSA) is 12.5 Å². The van der Waals surface area contributed by atoms with Gasteiger partial charge in [-0.3, -0.25) is 4.90 Å². The average Bonchev–Trinajstić information content (AvgIpc) is 2.33. The molecule has 0 aliphatic carbocycles. The van der Waals surface area contributed by atoms with Crippen molar-refractivity contribution in [3.63, 3.8) is 0 Å². The van der Waals surface area contributed by atoms with Crippen molar-refractivity contribution in [1.29, 1.82) is 0 Å². The molecule has 0 saturated carbocycles. The Labute approximate surface area is 125 Å². The van der Waals surface area contributed by atoms with Gasteiger partial charge in [0.2, 0.25) is 0 Å². The zero-order valence-electron chi connectivity index (χ0n) is 14.3. The van der Waals surface area contributed by atoms with Gasteiger partial charge in [0.1, 0.15) is 5.75 Å². The third-order valence-corrected chi connectivity index (χ3v) is 3.73. The second kappa shape index (κ2) is 6.62. The third-order valence-electron chi connectivity index (χ3n) is 3.73. The largest absolute Gasteiger partial charge is 0.497 e. The summed E-state index contributed by atoms with van der Waals surface area (Å²) in [7, 11) is 1.71. The van der Waals surface area contributed by atoms with Crippen molar-refractivity contribution in [3.05, 3.63) is 29.8 Å². The van der Waals surface area contributed by atoms with E-state index in [-0.39, 0.29) is 5.54 Å². The standard InChI is InChI=1S/C18H31NO/c1-8-19(18(5,6)14-17(2,3)4)13-15-9-11-16(20-7)12-10-15/h9-12H,8,13-14H2,1-7H3. The molecule has 2 nitrogen and oxygen atoms in total. The van der Waals surface area contributed by atoms with Gasteiger partial charge in [-0.2, -0.15) is 0 Å². The third kappa shape index (κ3) is 5.16. The minimum atomic E-state index is 0.201. The van der Waals surface area contributed by atoms with Crippen LogP contribution in [0.3, 0.4) is 0 Å². The molecular formula is C18H31NO. The fraction of sp³-hybridized carbons (Fsp3) is 0.667. The highest BCUT2D eigenvalue weighted by atomic mass is 16.5. The second-order valence-corrected chi connectivity index (χ2v) is 7.41.